The highest BCUT2D eigenvalue weighted by Gasteiger charge is 2.42. The molecule has 2 rings (SSSR count). The van der Waals surface area contributed by atoms with Gasteiger partial charge in [0.15, 0.2) is 0 Å². The predicted molar refractivity (Wildman–Crippen MR) is 71.6 cm³/mol. The molecule has 0 saturated carbocycles. The minimum atomic E-state index is -4.23. The SMILES string of the molecule is CCc1cc(C(=O)O)cc(N2CCCC(C(F)(F)F)C2)n1. The Morgan fingerprint density at radius 3 is 2.76 bits per heavy atom. The van der Waals surface area contributed by atoms with Crippen molar-refractivity contribution in [3.05, 3.63) is 23.4 Å². The first-order valence-corrected chi connectivity index (χ1v) is 6.87. The monoisotopic (exact) mass is 302 g/mol. The lowest BCUT2D eigenvalue weighted by molar-refractivity contribution is -0.176. The number of carboxylic acids is 1. The van der Waals surface area contributed by atoms with Gasteiger partial charge in [0.1, 0.15) is 5.82 Å². The molecule has 1 aliphatic rings. The molecule has 0 bridgehead atoms. The maximum Gasteiger partial charge on any atom is 0.393 e. The molecular weight excluding hydrogens is 285 g/mol. The van der Waals surface area contributed by atoms with Crippen molar-refractivity contribution in [2.24, 2.45) is 5.92 Å². The topological polar surface area (TPSA) is 53.4 Å². The molecule has 1 aromatic rings. The van der Waals surface area contributed by atoms with Gasteiger partial charge in [-0.3, -0.25) is 0 Å². The molecule has 1 fully saturated rings. The molecule has 1 unspecified atom stereocenters. The summed E-state index contributed by atoms with van der Waals surface area (Å²) in [5.74, 6) is -2.16. The number of anilines is 1. The van der Waals surface area contributed by atoms with Crippen molar-refractivity contribution in [3.63, 3.8) is 0 Å². The maximum atomic E-state index is 12.8. The molecule has 1 saturated heterocycles. The van der Waals surface area contributed by atoms with Crippen LogP contribution in [0.1, 0.15) is 35.8 Å². The van der Waals surface area contributed by atoms with Crippen molar-refractivity contribution < 1.29 is 23.1 Å². The summed E-state index contributed by atoms with van der Waals surface area (Å²) >= 11 is 0. The summed E-state index contributed by atoms with van der Waals surface area (Å²) < 4.78 is 38.5. The second kappa shape index (κ2) is 5.91. The van der Waals surface area contributed by atoms with Crippen LogP contribution >= 0.6 is 0 Å². The van der Waals surface area contributed by atoms with Crippen molar-refractivity contribution in [3.8, 4) is 0 Å². The summed E-state index contributed by atoms with van der Waals surface area (Å²) in [5.41, 5.74) is 0.630. The number of alkyl halides is 3. The van der Waals surface area contributed by atoms with Crippen LogP contribution in [0.4, 0.5) is 19.0 Å². The van der Waals surface area contributed by atoms with Gasteiger partial charge in [0.05, 0.1) is 11.5 Å². The Morgan fingerprint density at radius 1 is 1.48 bits per heavy atom. The van der Waals surface area contributed by atoms with Crippen molar-refractivity contribution >= 4 is 11.8 Å². The fourth-order valence-corrected chi connectivity index (χ4v) is 2.49. The van der Waals surface area contributed by atoms with Crippen LogP contribution in [0.15, 0.2) is 12.1 Å². The van der Waals surface area contributed by atoms with Gasteiger partial charge in [0.25, 0.3) is 0 Å². The summed E-state index contributed by atoms with van der Waals surface area (Å²) in [7, 11) is 0. The van der Waals surface area contributed by atoms with E-state index in [9.17, 15) is 18.0 Å². The highest BCUT2D eigenvalue weighted by atomic mass is 19.4. The highest BCUT2D eigenvalue weighted by molar-refractivity contribution is 5.88. The van der Waals surface area contributed by atoms with Crippen LogP contribution in [-0.2, 0) is 6.42 Å². The van der Waals surface area contributed by atoms with Gasteiger partial charge in [-0.05, 0) is 31.4 Å². The van der Waals surface area contributed by atoms with E-state index in [4.69, 9.17) is 5.11 Å². The van der Waals surface area contributed by atoms with Gasteiger partial charge < -0.3 is 10.0 Å². The number of aromatic nitrogens is 1. The number of aromatic carboxylic acids is 1. The molecule has 0 spiro atoms. The number of aryl methyl sites for hydroxylation is 1. The van der Waals surface area contributed by atoms with E-state index < -0.39 is 18.1 Å². The number of halogens is 3. The van der Waals surface area contributed by atoms with E-state index in [1.807, 2.05) is 6.92 Å². The lowest BCUT2D eigenvalue weighted by Crippen LogP contribution is -2.42. The van der Waals surface area contributed by atoms with Gasteiger partial charge in [-0.2, -0.15) is 13.2 Å². The largest absolute Gasteiger partial charge is 0.478 e. The molecule has 7 heteroatoms. The third-order valence-electron chi connectivity index (χ3n) is 3.68. The number of piperidine rings is 1. The highest BCUT2D eigenvalue weighted by Crippen LogP contribution is 2.34. The van der Waals surface area contributed by atoms with Gasteiger partial charge in [-0.25, -0.2) is 9.78 Å². The Balaban J connectivity index is 2.28. The zero-order valence-corrected chi connectivity index (χ0v) is 11.7. The fraction of sp³-hybridized carbons (Fsp3) is 0.571. The predicted octanol–water partition coefficient (Wildman–Crippen LogP) is 3.12. The number of pyridine rings is 1. The lowest BCUT2D eigenvalue weighted by atomic mass is 9.97. The average molecular weight is 302 g/mol. The second-order valence-corrected chi connectivity index (χ2v) is 5.19. The van der Waals surface area contributed by atoms with Gasteiger partial charge in [0, 0.05) is 18.8 Å². The van der Waals surface area contributed by atoms with Crippen LogP contribution in [0, 0.1) is 5.92 Å². The summed E-state index contributed by atoms with van der Waals surface area (Å²) in [6.07, 6.45) is -3.16. The van der Waals surface area contributed by atoms with E-state index in [1.54, 1.807) is 0 Å². The Kier molecular flexibility index (Phi) is 4.39. The van der Waals surface area contributed by atoms with E-state index in [1.165, 1.54) is 17.0 Å². The van der Waals surface area contributed by atoms with Crippen LogP contribution in [0.3, 0.4) is 0 Å². The average Bonchev–Trinajstić information content (AvgIpc) is 2.46. The molecule has 0 radical (unpaired) electrons. The molecule has 1 aliphatic heterocycles. The first kappa shape index (κ1) is 15.6. The van der Waals surface area contributed by atoms with Crippen molar-refractivity contribution in [2.75, 3.05) is 18.0 Å². The number of hydrogen-bond acceptors (Lipinski definition) is 3. The Labute approximate surface area is 120 Å². The van der Waals surface area contributed by atoms with Gasteiger partial charge in [-0.15, -0.1) is 0 Å². The zero-order chi connectivity index (χ0) is 15.6. The molecule has 0 aromatic carbocycles. The fourth-order valence-electron chi connectivity index (χ4n) is 2.49. The van der Waals surface area contributed by atoms with E-state index in [-0.39, 0.29) is 18.5 Å². The standard InChI is InChI=1S/C14H17F3N2O2/c1-2-11-6-9(13(20)21)7-12(18-11)19-5-3-4-10(8-19)14(15,16)17/h6-7,10H,2-5,8H2,1H3,(H,20,21). The molecule has 0 aliphatic carbocycles. The molecule has 0 amide bonds. The van der Waals surface area contributed by atoms with Crippen LogP contribution in [0.25, 0.3) is 0 Å². The lowest BCUT2D eigenvalue weighted by Gasteiger charge is -2.34. The minimum absolute atomic E-state index is 0.0611. The minimum Gasteiger partial charge on any atom is -0.478 e. The Bertz CT molecular complexity index is 531. The molecule has 21 heavy (non-hydrogen) atoms. The number of nitrogens with zero attached hydrogens (tertiary/aromatic N) is 2. The van der Waals surface area contributed by atoms with Gasteiger partial charge in [-0.1, -0.05) is 6.92 Å². The van der Waals surface area contributed by atoms with E-state index >= 15 is 0 Å². The summed E-state index contributed by atoms with van der Waals surface area (Å²) in [5, 5.41) is 9.08. The van der Waals surface area contributed by atoms with E-state index in [0.29, 0.717) is 30.9 Å². The third-order valence-corrected chi connectivity index (χ3v) is 3.68. The molecule has 1 aromatic heterocycles. The molecule has 116 valence electrons. The normalized spacial score (nSPS) is 19.6. The van der Waals surface area contributed by atoms with Crippen LogP contribution in [0.5, 0.6) is 0 Å². The number of carbonyl (C=O) groups is 1. The first-order valence-electron chi connectivity index (χ1n) is 6.87. The summed E-state index contributed by atoms with van der Waals surface area (Å²) in [4.78, 5) is 16.9. The van der Waals surface area contributed by atoms with E-state index in [0.717, 1.165) is 0 Å². The second-order valence-electron chi connectivity index (χ2n) is 5.19. The first-order chi connectivity index (χ1) is 9.81. The van der Waals surface area contributed by atoms with Gasteiger partial charge >= 0.3 is 12.1 Å². The quantitative estimate of drug-likeness (QED) is 0.932. The molecule has 1 atom stereocenters. The Hall–Kier alpha value is -1.79. The van der Waals surface area contributed by atoms with Crippen molar-refractivity contribution in [2.45, 2.75) is 32.4 Å². The molecule has 1 N–H and O–H groups in total. The van der Waals surface area contributed by atoms with Crippen molar-refractivity contribution in [1.29, 1.82) is 0 Å². The number of rotatable bonds is 3. The molecule has 4 nitrogen and oxygen atoms in total. The smallest absolute Gasteiger partial charge is 0.393 e. The number of hydrogen-bond donors (Lipinski definition) is 1. The van der Waals surface area contributed by atoms with Gasteiger partial charge in [0.2, 0.25) is 0 Å². The maximum absolute atomic E-state index is 12.8. The summed E-state index contributed by atoms with van der Waals surface area (Å²) in [6, 6.07) is 2.80. The third kappa shape index (κ3) is 3.65. The van der Waals surface area contributed by atoms with Crippen molar-refractivity contribution in [1.82, 2.24) is 4.98 Å². The molecule has 2 heterocycles. The molecular formula is C14H17F3N2O2. The van der Waals surface area contributed by atoms with Crippen LogP contribution in [-0.4, -0.2) is 35.3 Å². The van der Waals surface area contributed by atoms with E-state index in [2.05, 4.69) is 4.98 Å². The van der Waals surface area contributed by atoms with Crippen LogP contribution < -0.4 is 4.90 Å². The number of carboxylic acid groups (broad SMARTS) is 1. The Morgan fingerprint density at radius 2 is 2.19 bits per heavy atom. The zero-order valence-electron chi connectivity index (χ0n) is 11.7. The summed E-state index contributed by atoms with van der Waals surface area (Å²) in [6.45, 7) is 2.13. The van der Waals surface area contributed by atoms with Crippen LogP contribution in [0.2, 0.25) is 0 Å².